The Bertz CT molecular complexity index is 549. The van der Waals surface area contributed by atoms with Crippen molar-refractivity contribution in [3.8, 4) is 17.2 Å². The fourth-order valence-electron chi connectivity index (χ4n) is 2.03. The Kier molecular flexibility index (Phi) is 4.50. The number of fused-ring (bicyclic) bond motifs is 1. The second-order valence-electron chi connectivity index (χ2n) is 4.11. The standard InChI is InChI=1S/C16H20O3/c1-4-17-14-8-7-12-10-15(18-5-2)16(19-6-3)11-13(12)9-14/h7-11H,4-6H2,1-3H3. The summed E-state index contributed by atoms with van der Waals surface area (Å²) < 4.78 is 16.8. The second-order valence-corrected chi connectivity index (χ2v) is 4.11. The van der Waals surface area contributed by atoms with Crippen LogP contribution in [0.4, 0.5) is 0 Å². The van der Waals surface area contributed by atoms with Crippen molar-refractivity contribution in [1.82, 2.24) is 0 Å². The van der Waals surface area contributed by atoms with Gasteiger partial charge in [0.25, 0.3) is 0 Å². The lowest BCUT2D eigenvalue weighted by Gasteiger charge is -2.13. The summed E-state index contributed by atoms with van der Waals surface area (Å²) >= 11 is 0. The molecular weight excluding hydrogens is 240 g/mol. The normalized spacial score (nSPS) is 10.5. The van der Waals surface area contributed by atoms with Crippen molar-refractivity contribution >= 4 is 10.8 Å². The van der Waals surface area contributed by atoms with E-state index in [1.165, 1.54) is 0 Å². The molecule has 0 N–H and O–H groups in total. The molecule has 0 saturated heterocycles. The van der Waals surface area contributed by atoms with Crippen molar-refractivity contribution in [2.45, 2.75) is 20.8 Å². The molecule has 0 aliphatic rings. The highest BCUT2D eigenvalue weighted by molar-refractivity contribution is 5.87. The van der Waals surface area contributed by atoms with Gasteiger partial charge in [0, 0.05) is 0 Å². The summed E-state index contributed by atoms with van der Waals surface area (Å²) in [6, 6.07) is 10.1. The number of ether oxygens (including phenoxy) is 3. The van der Waals surface area contributed by atoms with Crippen molar-refractivity contribution < 1.29 is 14.2 Å². The Morgan fingerprint density at radius 3 is 1.84 bits per heavy atom. The number of hydrogen-bond donors (Lipinski definition) is 0. The Morgan fingerprint density at radius 1 is 0.684 bits per heavy atom. The third-order valence-corrected chi connectivity index (χ3v) is 2.78. The number of hydrogen-bond acceptors (Lipinski definition) is 3. The first-order valence-corrected chi connectivity index (χ1v) is 6.74. The lowest BCUT2D eigenvalue weighted by Crippen LogP contribution is -1.98. The zero-order valence-corrected chi connectivity index (χ0v) is 11.7. The molecule has 3 heteroatoms. The van der Waals surface area contributed by atoms with Crippen molar-refractivity contribution in [2.24, 2.45) is 0 Å². The Labute approximate surface area is 114 Å². The van der Waals surface area contributed by atoms with Crippen LogP contribution in [0.5, 0.6) is 17.2 Å². The van der Waals surface area contributed by atoms with E-state index in [0.29, 0.717) is 19.8 Å². The summed E-state index contributed by atoms with van der Waals surface area (Å²) in [5.74, 6) is 2.45. The topological polar surface area (TPSA) is 27.7 Å². The van der Waals surface area contributed by atoms with E-state index in [1.54, 1.807) is 0 Å². The molecule has 2 rings (SSSR count). The number of benzene rings is 2. The predicted molar refractivity (Wildman–Crippen MR) is 77.5 cm³/mol. The molecule has 0 amide bonds. The van der Waals surface area contributed by atoms with E-state index in [0.717, 1.165) is 28.0 Å². The minimum atomic E-state index is 0.622. The third kappa shape index (κ3) is 3.11. The summed E-state index contributed by atoms with van der Waals surface area (Å²) in [7, 11) is 0. The summed E-state index contributed by atoms with van der Waals surface area (Å²) in [4.78, 5) is 0. The van der Waals surface area contributed by atoms with Crippen molar-refractivity contribution in [3.63, 3.8) is 0 Å². The van der Waals surface area contributed by atoms with Gasteiger partial charge in [0.15, 0.2) is 11.5 Å². The van der Waals surface area contributed by atoms with Gasteiger partial charge in [0.2, 0.25) is 0 Å². The third-order valence-electron chi connectivity index (χ3n) is 2.78. The highest BCUT2D eigenvalue weighted by Crippen LogP contribution is 2.34. The first kappa shape index (κ1) is 13.5. The van der Waals surface area contributed by atoms with Gasteiger partial charge in [-0.2, -0.15) is 0 Å². The van der Waals surface area contributed by atoms with E-state index in [2.05, 4.69) is 0 Å². The molecule has 0 spiro atoms. The van der Waals surface area contributed by atoms with Crippen LogP contribution >= 0.6 is 0 Å². The monoisotopic (exact) mass is 260 g/mol. The van der Waals surface area contributed by atoms with Gasteiger partial charge in [-0.25, -0.2) is 0 Å². The van der Waals surface area contributed by atoms with E-state index in [1.807, 2.05) is 51.1 Å². The lowest BCUT2D eigenvalue weighted by molar-refractivity contribution is 0.288. The van der Waals surface area contributed by atoms with Crippen LogP contribution in [0.2, 0.25) is 0 Å². The molecule has 0 aromatic heterocycles. The summed E-state index contributed by atoms with van der Waals surface area (Å²) in [6.45, 7) is 7.84. The highest BCUT2D eigenvalue weighted by atomic mass is 16.5. The van der Waals surface area contributed by atoms with Gasteiger partial charge in [-0.15, -0.1) is 0 Å². The van der Waals surface area contributed by atoms with Crippen LogP contribution in [0, 0.1) is 0 Å². The van der Waals surface area contributed by atoms with Gasteiger partial charge in [-0.3, -0.25) is 0 Å². The summed E-state index contributed by atoms with van der Waals surface area (Å²) in [5, 5.41) is 2.22. The first-order valence-electron chi connectivity index (χ1n) is 6.74. The van der Waals surface area contributed by atoms with Gasteiger partial charge in [0.05, 0.1) is 19.8 Å². The van der Waals surface area contributed by atoms with Crippen LogP contribution in [0.1, 0.15) is 20.8 Å². The van der Waals surface area contributed by atoms with E-state index in [4.69, 9.17) is 14.2 Å². The average Bonchev–Trinajstić information content (AvgIpc) is 2.40. The van der Waals surface area contributed by atoms with Gasteiger partial charge in [-0.1, -0.05) is 6.07 Å². The van der Waals surface area contributed by atoms with Crippen molar-refractivity contribution in [1.29, 1.82) is 0 Å². The molecule has 0 aliphatic heterocycles. The minimum absolute atomic E-state index is 0.622. The molecule has 19 heavy (non-hydrogen) atoms. The zero-order chi connectivity index (χ0) is 13.7. The average molecular weight is 260 g/mol. The minimum Gasteiger partial charge on any atom is -0.494 e. The van der Waals surface area contributed by atoms with Crippen LogP contribution in [-0.4, -0.2) is 19.8 Å². The molecule has 3 nitrogen and oxygen atoms in total. The molecule has 2 aromatic rings. The highest BCUT2D eigenvalue weighted by Gasteiger charge is 2.08. The molecule has 0 radical (unpaired) electrons. The molecule has 0 saturated carbocycles. The van der Waals surface area contributed by atoms with Crippen LogP contribution in [0.3, 0.4) is 0 Å². The molecular formula is C16H20O3. The molecule has 0 heterocycles. The molecule has 0 fully saturated rings. The molecule has 0 atom stereocenters. The van der Waals surface area contributed by atoms with Gasteiger partial charge in [0.1, 0.15) is 5.75 Å². The van der Waals surface area contributed by atoms with Crippen molar-refractivity contribution in [2.75, 3.05) is 19.8 Å². The van der Waals surface area contributed by atoms with E-state index in [-0.39, 0.29) is 0 Å². The fourth-order valence-corrected chi connectivity index (χ4v) is 2.03. The smallest absolute Gasteiger partial charge is 0.161 e. The Morgan fingerprint density at radius 2 is 1.26 bits per heavy atom. The van der Waals surface area contributed by atoms with E-state index < -0.39 is 0 Å². The second kappa shape index (κ2) is 6.32. The SMILES string of the molecule is CCOc1ccc2cc(OCC)c(OCC)cc2c1. The summed E-state index contributed by atoms with van der Waals surface area (Å²) in [5.41, 5.74) is 0. The van der Waals surface area contributed by atoms with Gasteiger partial charge >= 0.3 is 0 Å². The summed E-state index contributed by atoms with van der Waals surface area (Å²) in [6.07, 6.45) is 0. The number of rotatable bonds is 6. The maximum absolute atomic E-state index is 5.63. The quantitative estimate of drug-likeness (QED) is 0.784. The maximum Gasteiger partial charge on any atom is 0.161 e. The molecule has 2 aromatic carbocycles. The van der Waals surface area contributed by atoms with Crippen LogP contribution in [0.25, 0.3) is 10.8 Å². The molecule has 0 bridgehead atoms. The largest absolute Gasteiger partial charge is 0.494 e. The predicted octanol–water partition coefficient (Wildman–Crippen LogP) is 4.04. The van der Waals surface area contributed by atoms with Crippen LogP contribution in [0.15, 0.2) is 30.3 Å². The molecule has 0 aliphatic carbocycles. The Hall–Kier alpha value is -1.90. The van der Waals surface area contributed by atoms with Crippen molar-refractivity contribution in [3.05, 3.63) is 30.3 Å². The van der Waals surface area contributed by atoms with E-state index >= 15 is 0 Å². The van der Waals surface area contributed by atoms with Crippen LogP contribution < -0.4 is 14.2 Å². The van der Waals surface area contributed by atoms with Crippen LogP contribution in [-0.2, 0) is 0 Å². The lowest BCUT2D eigenvalue weighted by atomic mass is 10.1. The van der Waals surface area contributed by atoms with Gasteiger partial charge in [-0.05, 0) is 55.8 Å². The van der Waals surface area contributed by atoms with E-state index in [9.17, 15) is 0 Å². The zero-order valence-electron chi connectivity index (χ0n) is 11.7. The Balaban J connectivity index is 2.46. The first-order chi connectivity index (χ1) is 9.28. The molecule has 102 valence electrons. The molecule has 0 unspecified atom stereocenters. The van der Waals surface area contributed by atoms with Gasteiger partial charge < -0.3 is 14.2 Å². The maximum atomic E-state index is 5.63. The fraction of sp³-hybridized carbons (Fsp3) is 0.375.